The molecule has 0 aliphatic heterocycles. The summed E-state index contributed by atoms with van der Waals surface area (Å²) in [5, 5.41) is 10.1. The number of fused-ring (bicyclic) bond motifs is 1. The van der Waals surface area contributed by atoms with E-state index in [1.807, 2.05) is 26.8 Å². The Bertz CT molecular complexity index is 596. The largest absolute Gasteiger partial charge is 0.464 e. The topological polar surface area (TPSA) is 55.1 Å². The highest BCUT2D eigenvalue weighted by Gasteiger charge is 2.25. The minimum absolute atomic E-state index is 0.251. The van der Waals surface area contributed by atoms with Crippen LogP contribution < -0.4 is 0 Å². The van der Waals surface area contributed by atoms with Gasteiger partial charge in [0.25, 0.3) is 0 Å². The van der Waals surface area contributed by atoms with Crippen molar-refractivity contribution in [3.8, 4) is 0 Å². The van der Waals surface area contributed by atoms with Crippen LogP contribution in [0.15, 0.2) is 22.8 Å². The van der Waals surface area contributed by atoms with Crippen LogP contribution in [0.1, 0.15) is 26.5 Å². The molecule has 0 aliphatic carbocycles. The fourth-order valence-electron chi connectivity index (χ4n) is 1.81. The van der Waals surface area contributed by atoms with Gasteiger partial charge in [0.15, 0.2) is 5.65 Å². The summed E-state index contributed by atoms with van der Waals surface area (Å²) in [6.45, 7) is 5.94. The number of rotatable bonds is 0. The molecule has 0 amide bonds. The Balaban J connectivity index is 2.90. The van der Waals surface area contributed by atoms with Gasteiger partial charge in [0.1, 0.15) is 0 Å². The van der Waals surface area contributed by atoms with E-state index in [1.54, 1.807) is 12.3 Å². The number of carbonyl (C=O) groups is 1. The summed E-state index contributed by atoms with van der Waals surface area (Å²) in [7, 11) is 0. The van der Waals surface area contributed by atoms with Crippen LogP contribution in [0.25, 0.3) is 11.0 Å². The van der Waals surface area contributed by atoms with Gasteiger partial charge in [-0.2, -0.15) is 0 Å². The van der Waals surface area contributed by atoms with Crippen LogP contribution in [0.2, 0.25) is 0 Å². The maximum absolute atomic E-state index is 11.4. The number of aromatic nitrogens is 2. The fourth-order valence-corrected chi connectivity index (χ4v) is 2.22. The lowest BCUT2D eigenvalue weighted by Crippen LogP contribution is -2.21. The first-order valence-electron chi connectivity index (χ1n) is 5.22. The van der Waals surface area contributed by atoms with E-state index in [0.29, 0.717) is 5.65 Å². The minimum Gasteiger partial charge on any atom is -0.464 e. The van der Waals surface area contributed by atoms with E-state index in [9.17, 15) is 9.90 Å². The standard InChI is InChI=1S/C12H13BrN2O2/c1-12(2,3)9-6-7-8(13)4-5-14-10(7)15(9)11(16)17/h4-6H,1-3H3,(H,16,17). The lowest BCUT2D eigenvalue weighted by molar-refractivity contribution is 0.195. The summed E-state index contributed by atoms with van der Waals surface area (Å²) in [5.74, 6) is 0. The first kappa shape index (κ1) is 12.1. The van der Waals surface area contributed by atoms with Crippen molar-refractivity contribution in [2.45, 2.75) is 26.2 Å². The van der Waals surface area contributed by atoms with E-state index in [2.05, 4.69) is 20.9 Å². The van der Waals surface area contributed by atoms with E-state index >= 15 is 0 Å². The molecule has 0 spiro atoms. The normalized spacial score (nSPS) is 12.0. The van der Waals surface area contributed by atoms with E-state index in [1.165, 1.54) is 4.57 Å². The van der Waals surface area contributed by atoms with Gasteiger partial charge in [0, 0.05) is 27.2 Å². The highest BCUT2D eigenvalue weighted by molar-refractivity contribution is 9.10. The van der Waals surface area contributed by atoms with Crippen LogP contribution in [-0.4, -0.2) is 20.8 Å². The lowest BCUT2D eigenvalue weighted by Gasteiger charge is -2.19. The van der Waals surface area contributed by atoms with Crippen molar-refractivity contribution in [1.82, 2.24) is 9.55 Å². The van der Waals surface area contributed by atoms with Crippen molar-refractivity contribution in [2.24, 2.45) is 0 Å². The Morgan fingerprint density at radius 1 is 1.47 bits per heavy atom. The second-order valence-electron chi connectivity index (χ2n) is 4.93. The molecular formula is C12H13BrN2O2. The predicted octanol–water partition coefficient (Wildman–Crippen LogP) is 3.62. The molecule has 5 heteroatoms. The molecule has 0 fully saturated rings. The van der Waals surface area contributed by atoms with E-state index in [4.69, 9.17) is 0 Å². The van der Waals surface area contributed by atoms with Gasteiger partial charge in [-0.25, -0.2) is 14.3 Å². The Kier molecular flexibility index (Phi) is 2.73. The molecule has 0 radical (unpaired) electrons. The summed E-state index contributed by atoms with van der Waals surface area (Å²) in [6.07, 6.45) is 0.591. The van der Waals surface area contributed by atoms with Crippen molar-refractivity contribution < 1.29 is 9.90 Å². The van der Waals surface area contributed by atoms with Crippen LogP contribution >= 0.6 is 15.9 Å². The second-order valence-corrected chi connectivity index (χ2v) is 5.78. The van der Waals surface area contributed by atoms with Gasteiger partial charge in [-0.05, 0) is 28.1 Å². The molecule has 2 rings (SSSR count). The van der Waals surface area contributed by atoms with Gasteiger partial charge in [-0.3, -0.25) is 0 Å². The summed E-state index contributed by atoms with van der Waals surface area (Å²) in [5.41, 5.74) is 0.953. The predicted molar refractivity (Wildman–Crippen MR) is 69.6 cm³/mol. The van der Waals surface area contributed by atoms with E-state index in [0.717, 1.165) is 15.6 Å². The monoisotopic (exact) mass is 296 g/mol. The number of hydrogen-bond donors (Lipinski definition) is 1. The average molecular weight is 297 g/mol. The molecule has 0 aromatic carbocycles. The number of nitrogens with zero attached hydrogens (tertiary/aromatic N) is 2. The molecule has 0 bridgehead atoms. The first-order valence-corrected chi connectivity index (χ1v) is 6.01. The van der Waals surface area contributed by atoms with Crippen LogP contribution in [0, 0.1) is 0 Å². The van der Waals surface area contributed by atoms with Crippen molar-refractivity contribution in [3.05, 3.63) is 28.5 Å². The van der Waals surface area contributed by atoms with Crippen molar-refractivity contribution in [1.29, 1.82) is 0 Å². The fraction of sp³-hybridized carbons (Fsp3) is 0.333. The van der Waals surface area contributed by atoms with Gasteiger partial charge in [0.05, 0.1) is 0 Å². The van der Waals surface area contributed by atoms with Gasteiger partial charge in [-0.1, -0.05) is 20.8 Å². The maximum Gasteiger partial charge on any atom is 0.417 e. The van der Waals surface area contributed by atoms with Gasteiger partial charge >= 0.3 is 6.09 Å². The minimum atomic E-state index is -1.00. The zero-order valence-electron chi connectivity index (χ0n) is 9.86. The van der Waals surface area contributed by atoms with Crippen molar-refractivity contribution in [3.63, 3.8) is 0 Å². The summed E-state index contributed by atoms with van der Waals surface area (Å²) < 4.78 is 2.10. The van der Waals surface area contributed by atoms with Gasteiger partial charge < -0.3 is 5.11 Å². The van der Waals surface area contributed by atoms with Crippen LogP contribution in [-0.2, 0) is 5.41 Å². The third kappa shape index (κ3) is 1.95. The van der Waals surface area contributed by atoms with Gasteiger partial charge in [0.2, 0.25) is 0 Å². The number of carboxylic acid groups (broad SMARTS) is 1. The zero-order valence-corrected chi connectivity index (χ0v) is 11.4. The average Bonchev–Trinajstić information content (AvgIpc) is 2.57. The summed E-state index contributed by atoms with van der Waals surface area (Å²) in [4.78, 5) is 15.5. The molecule has 0 atom stereocenters. The Morgan fingerprint density at radius 3 is 2.65 bits per heavy atom. The molecule has 17 heavy (non-hydrogen) atoms. The first-order chi connectivity index (χ1) is 7.82. The molecule has 0 saturated carbocycles. The quantitative estimate of drug-likeness (QED) is 0.808. The van der Waals surface area contributed by atoms with Gasteiger partial charge in [-0.15, -0.1) is 0 Å². The summed E-state index contributed by atoms with van der Waals surface area (Å²) >= 11 is 3.41. The van der Waals surface area contributed by atoms with Crippen molar-refractivity contribution >= 4 is 33.1 Å². The van der Waals surface area contributed by atoms with Crippen LogP contribution in [0.4, 0.5) is 4.79 Å². The molecular weight excluding hydrogens is 284 g/mol. The summed E-state index contributed by atoms with van der Waals surface area (Å²) in [6, 6.07) is 3.68. The molecule has 0 unspecified atom stereocenters. The van der Waals surface area contributed by atoms with Crippen molar-refractivity contribution in [2.75, 3.05) is 0 Å². The van der Waals surface area contributed by atoms with E-state index in [-0.39, 0.29) is 5.41 Å². The molecule has 4 nitrogen and oxygen atoms in total. The molecule has 0 saturated heterocycles. The lowest BCUT2D eigenvalue weighted by atomic mass is 9.92. The zero-order chi connectivity index (χ0) is 12.8. The Morgan fingerprint density at radius 2 is 2.12 bits per heavy atom. The van der Waals surface area contributed by atoms with Crippen LogP contribution in [0.5, 0.6) is 0 Å². The second kappa shape index (κ2) is 3.84. The molecule has 1 N–H and O–H groups in total. The highest BCUT2D eigenvalue weighted by atomic mass is 79.9. The molecule has 2 heterocycles. The SMILES string of the molecule is CC(C)(C)c1cc2c(Br)ccnc2n1C(=O)O. The third-order valence-corrected chi connectivity index (χ3v) is 3.30. The number of pyridine rings is 1. The molecule has 2 aromatic rings. The number of hydrogen-bond acceptors (Lipinski definition) is 2. The molecule has 90 valence electrons. The highest BCUT2D eigenvalue weighted by Crippen LogP contribution is 2.31. The third-order valence-electron chi connectivity index (χ3n) is 2.61. The maximum atomic E-state index is 11.4. The Labute approximate surface area is 107 Å². The smallest absolute Gasteiger partial charge is 0.417 e. The molecule has 2 aromatic heterocycles. The van der Waals surface area contributed by atoms with E-state index < -0.39 is 6.09 Å². The van der Waals surface area contributed by atoms with Crippen LogP contribution in [0.3, 0.4) is 0 Å². The number of halogens is 1. The molecule has 0 aliphatic rings. The Hall–Kier alpha value is -1.36.